The lowest BCUT2D eigenvalue weighted by atomic mass is 10.3. The monoisotopic (exact) mass is 240 g/mol. The Morgan fingerprint density at radius 1 is 1.17 bits per heavy atom. The van der Waals surface area contributed by atoms with E-state index in [9.17, 15) is 0 Å². The van der Waals surface area contributed by atoms with Crippen molar-refractivity contribution in [2.45, 2.75) is 0 Å². The largest absolute Gasteiger partial charge is 0.495 e. The van der Waals surface area contributed by atoms with Gasteiger partial charge in [0.2, 0.25) is 0 Å². The summed E-state index contributed by atoms with van der Waals surface area (Å²) >= 11 is 0. The quantitative estimate of drug-likeness (QED) is 0.738. The Bertz CT molecular complexity index is 677. The molecule has 0 saturated heterocycles. The van der Waals surface area contributed by atoms with Gasteiger partial charge in [0.25, 0.3) is 0 Å². The lowest BCUT2D eigenvalue weighted by Crippen LogP contribution is -1.97. The van der Waals surface area contributed by atoms with E-state index in [1.807, 2.05) is 36.5 Å². The summed E-state index contributed by atoms with van der Waals surface area (Å²) < 4.78 is 5.30. The van der Waals surface area contributed by atoms with Crippen molar-refractivity contribution < 1.29 is 4.74 Å². The van der Waals surface area contributed by atoms with Crippen LogP contribution >= 0.6 is 0 Å². The number of ether oxygens (including phenoxy) is 1. The number of aromatic nitrogens is 3. The van der Waals surface area contributed by atoms with Crippen LogP contribution in [0.3, 0.4) is 0 Å². The lowest BCUT2D eigenvalue weighted by Gasteiger charge is -2.10. The van der Waals surface area contributed by atoms with Crippen LogP contribution in [0.1, 0.15) is 0 Å². The van der Waals surface area contributed by atoms with Crippen molar-refractivity contribution in [3.05, 3.63) is 42.9 Å². The van der Waals surface area contributed by atoms with Crippen molar-refractivity contribution in [2.75, 3.05) is 12.4 Å². The second-order valence-corrected chi connectivity index (χ2v) is 3.79. The number of anilines is 2. The minimum absolute atomic E-state index is 0.755. The second-order valence-electron chi connectivity index (χ2n) is 3.79. The predicted molar refractivity (Wildman–Crippen MR) is 70.2 cm³/mol. The number of nitrogens with one attached hydrogen (secondary N) is 2. The molecule has 0 bridgehead atoms. The number of H-pyrrole nitrogens is 1. The van der Waals surface area contributed by atoms with Crippen molar-refractivity contribution in [1.29, 1.82) is 0 Å². The van der Waals surface area contributed by atoms with Crippen LogP contribution in [0.5, 0.6) is 5.75 Å². The molecule has 90 valence electrons. The fourth-order valence-electron chi connectivity index (χ4n) is 1.85. The number of rotatable bonds is 3. The third-order valence-electron chi connectivity index (χ3n) is 2.71. The molecule has 1 aromatic carbocycles. The summed E-state index contributed by atoms with van der Waals surface area (Å²) in [5.74, 6) is 1.53. The smallest absolute Gasteiger partial charge is 0.143 e. The minimum Gasteiger partial charge on any atom is -0.495 e. The first-order valence-corrected chi connectivity index (χ1v) is 5.56. The summed E-state index contributed by atoms with van der Waals surface area (Å²) in [6.45, 7) is 0. The fraction of sp³-hybridized carbons (Fsp3) is 0.0769. The molecule has 0 spiro atoms. The van der Waals surface area contributed by atoms with Gasteiger partial charge in [-0.2, -0.15) is 0 Å². The van der Waals surface area contributed by atoms with Gasteiger partial charge >= 0.3 is 0 Å². The molecule has 3 aromatic rings. The summed E-state index contributed by atoms with van der Waals surface area (Å²) in [7, 11) is 1.65. The van der Waals surface area contributed by atoms with Gasteiger partial charge in [0.05, 0.1) is 18.2 Å². The molecule has 2 aromatic heterocycles. The van der Waals surface area contributed by atoms with Gasteiger partial charge < -0.3 is 15.0 Å². The highest BCUT2D eigenvalue weighted by molar-refractivity contribution is 5.89. The Kier molecular flexibility index (Phi) is 2.57. The number of fused-ring (bicyclic) bond motifs is 1. The summed E-state index contributed by atoms with van der Waals surface area (Å²) in [5, 5.41) is 4.20. The molecule has 0 aliphatic rings. The van der Waals surface area contributed by atoms with E-state index >= 15 is 0 Å². The Hall–Kier alpha value is -2.56. The summed E-state index contributed by atoms with van der Waals surface area (Å²) in [5.41, 5.74) is 1.68. The van der Waals surface area contributed by atoms with Crippen LogP contribution in [-0.2, 0) is 0 Å². The number of methoxy groups -OCH3 is 1. The van der Waals surface area contributed by atoms with Gasteiger partial charge in [-0.15, -0.1) is 0 Å². The van der Waals surface area contributed by atoms with Crippen molar-refractivity contribution >= 4 is 22.5 Å². The standard InChI is InChI=1S/C13H12N4O/c1-18-11-5-3-2-4-10(11)17-13-9-6-7-14-12(9)15-8-16-13/h2-8H,1H3,(H2,14,15,16,17). The first kappa shape index (κ1) is 10.6. The van der Waals surface area contributed by atoms with E-state index in [1.54, 1.807) is 7.11 Å². The Morgan fingerprint density at radius 2 is 2.06 bits per heavy atom. The van der Waals surface area contributed by atoms with E-state index in [0.717, 1.165) is 28.3 Å². The van der Waals surface area contributed by atoms with Crippen LogP contribution in [0.15, 0.2) is 42.9 Å². The molecule has 0 fully saturated rings. The highest BCUT2D eigenvalue weighted by atomic mass is 16.5. The van der Waals surface area contributed by atoms with Gasteiger partial charge in [-0.1, -0.05) is 12.1 Å². The second kappa shape index (κ2) is 4.37. The number of nitrogens with zero attached hydrogens (tertiary/aromatic N) is 2. The first-order valence-electron chi connectivity index (χ1n) is 5.56. The number of hydrogen-bond acceptors (Lipinski definition) is 4. The summed E-state index contributed by atoms with van der Waals surface area (Å²) in [4.78, 5) is 11.5. The Morgan fingerprint density at radius 3 is 2.94 bits per heavy atom. The SMILES string of the molecule is COc1ccccc1Nc1ncnc2[nH]ccc12. The summed E-state index contributed by atoms with van der Waals surface area (Å²) in [6, 6.07) is 9.65. The van der Waals surface area contributed by atoms with Gasteiger partial charge in [0.15, 0.2) is 0 Å². The zero-order valence-electron chi connectivity index (χ0n) is 9.84. The molecule has 0 saturated carbocycles. The molecule has 0 aliphatic heterocycles. The number of para-hydroxylation sites is 2. The van der Waals surface area contributed by atoms with Gasteiger partial charge in [0, 0.05) is 6.20 Å². The molecule has 2 heterocycles. The van der Waals surface area contributed by atoms with Crippen LogP contribution < -0.4 is 10.1 Å². The number of aromatic amines is 1. The topological polar surface area (TPSA) is 62.8 Å². The van der Waals surface area contributed by atoms with E-state index in [-0.39, 0.29) is 0 Å². The van der Waals surface area contributed by atoms with Crippen molar-refractivity contribution in [3.63, 3.8) is 0 Å². The third kappa shape index (κ3) is 1.75. The van der Waals surface area contributed by atoms with Crippen LogP contribution in [0.2, 0.25) is 0 Å². The van der Waals surface area contributed by atoms with E-state index in [4.69, 9.17) is 4.74 Å². The third-order valence-corrected chi connectivity index (χ3v) is 2.71. The predicted octanol–water partition coefficient (Wildman–Crippen LogP) is 2.71. The van der Waals surface area contributed by atoms with E-state index in [0.29, 0.717) is 0 Å². The van der Waals surface area contributed by atoms with Gasteiger partial charge in [0.1, 0.15) is 23.5 Å². The van der Waals surface area contributed by atoms with Crippen molar-refractivity contribution in [3.8, 4) is 5.75 Å². The van der Waals surface area contributed by atoms with Crippen molar-refractivity contribution in [1.82, 2.24) is 15.0 Å². The van der Waals surface area contributed by atoms with Crippen LogP contribution in [0.4, 0.5) is 11.5 Å². The zero-order valence-corrected chi connectivity index (χ0v) is 9.84. The van der Waals surface area contributed by atoms with Crippen molar-refractivity contribution in [2.24, 2.45) is 0 Å². The van der Waals surface area contributed by atoms with Crippen LogP contribution in [0.25, 0.3) is 11.0 Å². The van der Waals surface area contributed by atoms with Gasteiger partial charge in [-0.05, 0) is 18.2 Å². The molecule has 0 aliphatic carbocycles. The van der Waals surface area contributed by atoms with E-state index in [2.05, 4.69) is 20.3 Å². The Balaban J connectivity index is 2.04. The van der Waals surface area contributed by atoms with Crippen LogP contribution in [0, 0.1) is 0 Å². The lowest BCUT2D eigenvalue weighted by molar-refractivity contribution is 0.417. The fourth-order valence-corrected chi connectivity index (χ4v) is 1.85. The molecule has 5 nitrogen and oxygen atoms in total. The maximum atomic E-state index is 5.30. The highest BCUT2D eigenvalue weighted by Gasteiger charge is 2.07. The maximum Gasteiger partial charge on any atom is 0.143 e. The average molecular weight is 240 g/mol. The molecule has 5 heteroatoms. The average Bonchev–Trinajstić information content (AvgIpc) is 2.89. The first-order chi connectivity index (χ1) is 8.88. The van der Waals surface area contributed by atoms with Gasteiger partial charge in [-0.25, -0.2) is 9.97 Å². The normalized spacial score (nSPS) is 10.5. The number of benzene rings is 1. The number of hydrogen-bond donors (Lipinski definition) is 2. The summed E-state index contributed by atoms with van der Waals surface area (Å²) in [6.07, 6.45) is 3.36. The molecular weight excluding hydrogens is 228 g/mol. The van der Waals surface area contributed by atoms with E-state index < -0.39 is 0 Å². The Labute approximate surface area is 104 Å². The van der Waals surface area contributed by atoms with E-state index in [1.165, 1.54) is 6.33 Å². The molecule has 0 atom stereocenters. The molecule has 18 heavy (non-hydrogen) atoms. The zero-order chi connectivity index (χ0) is 12.4. The molecule has 2 N–H and O–H groups in total. The minimum atomic E-state index is 0.755. The molecular formula is C13H12N4O. The van der Waals surface area contributed by atoms with Crippen LogP contribution in [-0.4, -0.2) is 22.1 Å². The molecule has 0 radical (unpaired) electrons. The van der Waals surface area contributed by atoms with Gasteiger partial charge in [-0.3, -0.25) is 0 Å². The highest BCUT2D eigenvalue weighted by Crippen LogP contribution is 2.28. The molecule has 0 unspecified atom stereocenters. The molecule has 3 rings (SSSR count). The maximum absolute atomic E-state index is 5.30. The molecule has 0 amide bonds.